The number of anilines is 1. The van der Waals surface area contributed by atoms with E-state index < -0.39 is 18.0 Å². The molecule has 0 aliphatic rings. The van der Waals surface area contributed by atoms with Crippen LogP contribution in [0.2, 0.25) is 0 Å². The molecule has 0 aromatic heterocycles. The van der Waals surface area contributed by atoms with Crippen molar-refractivity contribution in [3.8, 4) is 0 Å². The van der Waals surface area contributed by atoms with Crippen molar-refractivity contribution in [2.24, 2.45) is 0 Å². The Hall–Kier alpha value is -2.17. The minimum atomic E-state index is -1.30. The van der Waals surface area contributed by atoms with E-state index in [4.69, 9.17) is 10.5 Å². The van der Waals surface area contributed by atoms with Crippen molar-refractivity contribution in [1.82, 2.24) is 0 Å². The summed E-state index contributed by atoms with van der Waals surface area (Å²) >= 11 is 0. The number of aliphatic hydroxyl groups excluding tert-OH is 1. The zero-order valence-electron chi connectivity index (χ0n) is 11.2. The van der Waals surface area contributed by atoms with Gasteiger partial charge in [-0.1, -0.05) is 42.5 Å². The van der Waals surface area contributed by atoms with Crippen molar-refractivity contribution in [2.45, 2.75) is 12.2 Å². The number of para-hydroxylation sites is 1. The first-order valence-corrected chi connectivity index (χ1v) is 6.29. The van der Waals surface area contributed by atoms with Crippen LogP contribution in [0.4, 0.5) is 5.69 Å². The summed E-state index contributed by atoms with van der Waals surface area (Å²) in [6.45, 7) is 0. The number of nitrogens with two attached hydrogens (primary N) is 1. The molecule has 2 unspecified atom stereocenters. The van der Waals surface area contributed by atoms with Crippen molar-refractivity contribution in [1.29, 1.82) is 0 Å². The largest absolute Gasteiger partial charge is 0.398 e. The number of ketones is 1. The molecule has 0 spiro atoms. The van der Waals surface area contributed by atoms with Crippen LogP contribution < -0.4 is 5.73 Å². The number of nitrogen functional groups attached to an aromatic ring is 1. The van der Waals surface area contributed by atoms with E-state index in [0.717, 1.165) is 5.56 Å². The number of hydrogen-bond donors (Lipinski definition) is 2. The van der Waals surface area contributed by atoms with Gasteiger partial charge in [-0.3, -0.25) is 4.79 Å². The molecule has 0 aliphatic heterocycles. The minimum absolute atomic E-state index is 0.304. The lowest BCUT2D eigenvalue weighted by molar-refractivity contribution is -0.00426. The molecule has 0 amide bonds. The average molecular weight is 271 g/mol. The summed E-state index contributed by atoms with van der Waals surface area (Å²) in [4.78, 5) is 12.3. The standard InChI is InChI=1S/C16H17NO3/c1-20-16(11-7-3-2-4-8-11)15(19)14(18)12-9-5-6-10-13(12)17/h2-10,15-16,19H,17H2,1H3. The number of benzene rings is 2. The Labute approximate surface area is 117 Å². The van der Waals surface area contributed by atoms with E-state index >= 15 is 0 Å². The van der Waals surface area contributed by atoms with E-state index in [9.17, 15) is 9.90 Å². The van der Waals surface area contributed by atoms with Gasteiger partial charge >= 0.3 is 0 Å². The minimum Gasteiger partial charge on any atom is -0.398 e. The summed E-state index contributed by atoms with van der Waals surface area (Å²) in [5.74, 6) is -0.446. The van der Waals surface area contributed by atoms with Gasteiger partial charge in [0.15, 0.2) is 5.78 Å². The third kappa shape index (κ3) is 2.87. The molecular formula is C16H17NO3. The normalized spacial score (nSPS) is 13.7. The Balaban J connectivity index is 2.28. The maximum Gasteiger partial charge on any atom is 0.196 e. The van der Waals surface area contributed by atoms with Crippen molar-refractivity contribution in [3.63, 3.8) is 0 Å². The summed E-state index contributed by atoms with van der Waals surface area (Å²) in [6, 6.07) is 15.8. The van der Waals surface area contributed by atoms with Crippen LogP contribution in [-0.4, -0.2) is 24.1 Å². The third-order valence-corrected chi connectivity index (χ3v) is 3.16. The molecule has 4 heteroatoms. The SMILES string of the molecule is COC(c1ccccc1)C(O)C(=O)c1ccccc1N. The Bertz CT molecular complexity index is 583. The van der Waals surface area contributed by atoms with Gasteiger partial charge < -0.3 is 15.6 Å². The Morgan fingerprint density at radius 3 is 2.30 bits per heavy atom. The van der Waals surface area contributed by atoms with E-state index in [0.29, 0.717) is 11.3 Å². The quantitative estimate of drug-likeness (QED) is 0.646. The average Bonchev–Trinajstić information content (AvgIpc) is 2.49. The number of ether oxygens (including phenoxy) is 1. The molecule has 20 heavy (non-hydrogen) atoms. The Morgan fingerprint density at radius 2 is 1.70 bits per heavy atom. The number of aliphatic hydroxyl groups is 1. The summed E-state index contributed by atoms with van der Waals surface area (Å²) in [5.41, 5.74) is 7.16. The first-order chi connectivity index (χ1) is 9.65. The van der Waals surface area contributed by atoms with E-state index in [2.05, 4.69) is 0 Å². The Kier molecular flexibility index (Phi) is 4.50. The summed E-state index contributed by atoms with van der Waals surface area (Å²) < 4.78 is 5.27. The molecular weight excluding hydrogens is 254 g/mol. The van der Waals surface area contributed by atoms with Gasteiger partial charge in [0, 0.05) is 18.4 Å². The maximum absolute atomic E-state index is 12.3. The maximum atomic E-state index is 12.3. The second-order valence-corrected chi connectivity index (χ2v) is 4.46. The van der Waals surface area contributed by atoms with Gasteiger partial charge in [-0.15, -0.1) is 0 Å². The molecule has 3 N–H and O–H groups in total. The van der Waals surface area contributed by atoms with E-state index in [1.807, 2.05) is 18.2 Å². The second-order valence-electron chi connectivity index (χ2n) is 4.46. The predicted molar refractivity (Wildman–Crippen MR) is 77.4 cm³/mol. The van der Waals surface area contributed by atoms with Gasteiger partial charge in [0.1, 0.15) is 12.2 Å². The van der Waals surface area contributed by atoms with Gasteiger partial charge in [0.2, 0.25) is 0 Å². The highest BCUT2D eigenvalue weighted by Gasteiger charge is 2.29. The van der Waals surface area contributed by atoms with Crippen LogP contribution in [0.5, 0.6) is 0 Å². The van der Waals surface area contributed by atoms with Crippen LogP contribution in [-0.2, 0) is 4.74 Å². The molecule has 0 bridgehead atoms. The molecule has 0 radical (unpaired) electrons. The molecule has 0 fully saturated rings. The molecule has 0 saturated carbocycles. The van der Waals surface area contributed by atoms with Crippen molar-refractivity contribution < 1.29 is 14.6 Å². The fraction of sp³-hybridized carbons (Fsp3) is 0.188. The number of carbonyl (C=O) groups excluding carboxylic acids is 1. The molecule has 2 aromatic rings. The van der Waals surface area contributed by atoms with Crippen LogP contribution in [0.25, 0.3) is 0 Å². The van der Waals surface area contributed by atoms with Gasteiger partial charge in [-0.05, 0) is 17.7 Å². The van der Waals surface area contributed by atoms with Crippen LogP contribution in [0.15, 0.2) is 54.6 Å². The molecule has 0 heterocycles. The van der Waals surface area contributed by atoms with Crippen LogP contribution in [0, 0.1) is 0 Å². The topological polar surface area (TPSA) is 72.5 Å². The van der Waals surface area contributed by atoms with Crippen LogP contribution in [0.3, 0.4) is 0 Å². The summed E-state index contributed by atoms with van der Waals surface area (Å²) in [5, 5.41) is 10.3. The van der Waals surface area contributed by atoms with Gasteiger partial charge in [-0.2, -0.15) is 0 Å². The summed E-state index contributed by atoms with van der Waals surface area (Å²) in [7, 11) is 1.46. The fourth-order valence-corrected chi connectivity index (χ4v) is 2.11. The third-order valence-electron chi connectivity index (χ3n) is 3.16. The van der Waals surface area contributed by atoms with Gasteiger partial charge in [0.25, 0.3) is 0 Å². The molecule has 0 aliphatic carbocycles. The Morgan fingerprint density at radius 1 is 1.10 bits per heavy atom. The van der Waals surface area contributed by atoms with Crippen molar-refractivity contribution in [3.05, 3.63) is 65.7 Å². The molecule has 104 valence electrons. The molecule has 2 atom stereocenters. The number of hydrogen-bond acceptors (Lipinski definition) is 4. The van der Waals surface area contributed by atoms with Gasteiger partial charge in [-0.25, -0.2) is 0 Å². The molecule has 4 nitrogen and oxygen atoms in total. The zero-order valence-corrected chi connectivity index (χ0v) is 11.2. The van der Waals surface area contributed by atoms with Crippen molar-refractivity contribution >= 4 is 11.5 Å². The number of methoxy groups -OCH3 is 1. The lowest BCUT2D eigenvalue weighted by atomic mass is 9.96. The van der Waals surface area contributed by atoms with E-state index in [1.165, 1.54) is 7.11 Å². The number of rotatable bonds is 5. The first kappa shape index (κ1) is 14.2. The fourth-order valence-electron chi connectivity index (χ4n) is 2.11. The van der Waals surface area contributed by atoms with E-state index in [1.54, 1.807) is 36.4 Å². The van der Waals surface area contributed by atoms with Gasteiger partial charge in [0.05, 0.1) is 0 Å². The second kappa shape index (κ2) is 6.32. The molecule has 0 saturated heterocycles. The summed E-state index contributed by atoms with van der Waals surface area (Å²) in [6.07, 6.45) is -2.02. The molecule has 2 rings (SSSR count). The van der Waals surface area contributed by atoms with E-state index in [-0.39, 0.29) is 0 Å². The number of Topliss-reactive ketones (excluding diaryl/α,β-unsaturated/α-hetero) is 1. The highest BCUT2D eigenvalue weighted by molar-refractivity contribution is 6.03. The highest BCUT2D eigenvalue weighted by Crippen LogP contribution is 2.24. The lowest BCUT2D eigenvalue weighted by Gasteiger charge is -2.21. The highest BCUT2D eigenvalue weighted by atomic mass is 16.5. The number of carbonyl (C=O) groups is 1. The van der Waals surface area contributed by atoms with Crippen LogP contribution >= 0.6 is 0 Å². The first-order valence-electron chi connectivity index (χ1n) is 6.29. The lowest BCUT2D eigenvalue weighted by Crippen LogP contribution is -2.30. The van der Waals surface area contributed by atoms with Crippen molar-refractivity contribution in [2.75, 3.05) is 12.8 Å². The van der Waals surface area contributed by atoms with Crippen LogP contribution in [0.1, 0.15) is 22.0 Å². The smallest absolute Gasteiger partial charge is 0.196 e. The monoisotopic (exact) mass is 271 g/mol. The molecule has 2 aromatic carbocycles. The predicted octanol–water partition coefficient (Wildman–Crippen LogP) is 2.20. The zero-order chi connectivity index (χ0) is 14.5.